The van der Waals surface area contributed by atoms with Gasteiger partial charge in [-0.1, -0.05) is 6.07 Å². The van der Waals surface area contributed by atoms with Crippen LogP contribution in [0.5, 0.6) is 0 Å². The quantitative estimate of drug-likeness (QED) is 0.399. The molecule has 0 bridgehead atoms. The largest absolute Gasteiger partial charge is 0.594 e. The van der Waals surface area contributed by atoms with Crippen LogP contribution in [0, 0.1) is 12.1 Å². The van der Waals surface area contributed by atoms with E-state index in [2.05, 4.69) is 10.2 Å². The van der Waals surface area contributed by atoms with Gasteiger partial charge < -0.3 is 5.21 Å². The lowest BCUT2D eigenvalue weighted by Crippen LogP contribution is -2.33. The second-order valence-corrected chi connectivity index (χ2v) is 3.47. The van der Waals surface area contributed by atoms with Crippen LogP contribution in [0.25, 0.3) is 16.7 Å². The molecule has 0 N–H and O–H groups in total. The molecule has 0 radical (unpaired) electrons. The Bertz CT molecular complexity index is 659. The van der Waals surface area contributed by atoms with E-state index < -0.39 is 0 Å². The SMILES string of the molecule is Cc1ccc2c(c1)[n+]([O-])nc1ccnn12. The van der Waals surface area contributed by atoms with Gasteiger partial charge in [0.1, 0.15) is 5.52 Å². The Kier molecular flexibility index (Phi) is 1.45. The summed E-state index contributed by atoms with van der Waals surface area (Å²) in [4.78, 5) is 0.638. The van der Waals surface area contributed by atoms with Crippen LogP contribution in [0.2, 0.25) is 0 Å². The highest BCUT2D eigenvalue weighted by molar-refractivity contribution is 5.74. The van der Waals surface area contributed by atoms with E-state index in [1.807, 2.05) is 19.1 Å². The van der Waals surface area contributed by atoms with Crippen LogP contribution in [-0.2, 0) is 0 Å². The van der Waals surface area contributed by atoms with Crippen LogP contribution >= 0.6 is 0 Å². The molecule has 3 aromatic rings. The molecule has 0 aliphatic rings. The van der Waals surface area contributed by atoms with Gasteiger partial charge in [0.25, 0.3) is 5.52 Å². The van der Waals surface area contributed by atoms with Crippen LogP contribution in [0.3, 0.4) is 0 Å². The Labute approximate surface area is 85.2 Å². The van der Waals surface area contributed by atoms with Gasteiger partial charge in [-0.3, -0.25) is 0 Å². The zero-order valence-corrected chi connectivity index (χ0v) is 8.08. The standard InChI is InChI=1S/C10H8N4O/c1-7-2-3-8-9(6-7)14(15)12-10-4-5-11-13(8)10/h2-6H,1H3. The fraction of sp³-hybridized carbons (Fsp3) is 0.100. The molecule has 3 rings (SSSR count). The molecule has 0 fully saturated rings. The summed E-state index contributed by atoms with van der Waals surface area (Å²) in [6.07, 6.45) is 1.63. The first-order valence-electron chi connectivity index (χ1n) is 4.60. The maximum absolute atomic E-state index is 11.6. The molecule has 2 heterocycles. The third kappa shape index (κ3) is 1.06. The molecule has 0 spiro atoms. The molecule has 0 amide bonds. The Hall–Kier alpha value is -2.17. The molecule has 0 saturated carbocycles. The summed E-state index contributed by atoms with van der Waals surface area (Å²) in [6.45, 7) is 1.94. The van der Waals surface area contributed by atoms with Crippen molar-refractivity contribution in [3.8, 4) is 0 Å². The third-order valence-corrected chi connectivity index (χ3v) is 2.38. The third-order valence-electron chi connectivity index (χ3n) is 2.38. The van der Waals surface area contributed by atoms with E-state index in [0.29, 0.717) is 16.0 Å². The number of rotatable bonds is 0. The predicted molar refractivity (Wildman–Crippen MR) is 54.2 cm³/mol. The van der Waals surface area contributed by atoms with E-state index in [-0.39, 0.29) is 0 Å². The van der Waals surface area contributed by atoms with Crippen molar-refractivity contribution in [2.24, 2.45) is 0 Å². The Morgan fingerprint density at radius 3 is 3.07 bits per heavy atom. The summed E-state index contributed by atoms with van der Waals surface area (Å²) in [6, 6.07) is 7.33. The summed E-state index contributed by atoms with van der Waals surface area (Å²) in [7, 11) is 0. The van der Waals surface area contributed by atoms with Gasteiger partial charge in [-0.05, 0) is 23.4 Å². The lowest BCUT2D eigenvalue weighted by molar-refractivity contribution is -0.640. The van der Waals surface area contributed by atoms with Crippen molar-refractivity contribution < 1.29 is 4.85 Å². The average Bonchev–Trinajstić information content (AvgIpc) is 2.66. The van der Waals surface area contributed by atoms with Crippen molar-refractivity contribution in [1.29, 1.82) is 0 Å². The topological polar surface area (TPSA) is 57.1 Å². The van der Waals surface area contributed by atoms with Crippen LogP contribution in [0.4, 0.5) is 0 Å². The highest BCUT2D eigenvalue weighted by Crippen LogP contribution is 2.12. The molecule has 15 heavy (non-hydrogen) atoms. The summed E-state index contributed by atoms with van der Waals surface area (Å²) in [5, 5.41) is 19.6. The normalized spacial score (nSPS) is 11.3. The van der Waals surface area contributed by atoms with Crippen molar-refractivity contribution in [3.63, 3.8) is 0 Å². The molecule has 5 heteroatoms. The summed E-state index contributed by atoms with van der Waals surface area (Å²) < 4.78 is 1.66. The highest BCUT2D eigenvalue weighted by atomic mass is 16.5. The van der Waals surface area contributed by atoms with Gasteiger partial charge >= 0.3 is 0 Å². The second-order valence-electron chi connectivity index (χ2n) is 3.47. The monoisotopic (exact) mass is 200 g/mol. The van der Waals surface area contributed by atoms with Gasteiger partial charge in [0.05, 0.1) is 6.20 Å². The van der Waals surface area contributed by atoms with Gasteiger partial charge in [0.2, 0.25) is 5.65 Å². The van der Waals surface area contributed by atoms with Gasteiger partial charge in [-0.25, -0.2) is 4.52 Å². The Morgan fingerprint density at radius 1 is 1.33 bits per heavy atom. The predicted octanol–water partition coefficient (Wildman–Crippen LogP) is 0.824. The smallest absolute Gasteiger partial charge is 0.270 e. The number of hydrogen-bond acceptors (Lipinski definition) is 3. The van der Waals surface area contributed by atoms with Crippen LogP contribution < -0.4 is 4.85 Å². The molecule has 0 saturated heterocycles. The van der Waals surface area contributed by atoms with E-state index in [1.165, 1.54) is 0 Å². The zero-order chi connectivity index (χ0) is 10.4. The molecule has 1 aromatic carbocycles. The van der Waals surface area contributed by atoms with Crippen molar-refractivity contribution in [1.82, 2.24) is 14.7 Å². The number of hydrogen-bond donors (Lipinski definition) is 0. The van der Waals surface area contributed by atoms with E-state index >= 15 is 0 Å². The summed E-state index contributed by atoms with van der Waals surface area (Å²) in [5.74, 6) is 0. The zero-order valence-electron chi connectivity index (χ0n) is 8.08. The number of nitrogens with zero attached hydrogens (tertiary/aromatic N) is 4. The highest BCUT2D eigenvalue weighted by Gasteiger charge is 2.11. The molecule has 0 aliphatic heterocycles. The average molecular weight is 200 g/mol. The first-order valence-corrected chi connectivity index (χ1v) is 4.60. The van der Waals surface area contributed by atoms with Gasteiger partial charge in [-0.15, -0.1) is 0 Å². The molecule has 0 aliphatic carbocycles. The minimum Gasteiger partial charge on any atom is -0.594 e. The molecule has 0 atom stereocenters. The molecule has 0 unspecified atom stereocenters. The minimum atomic E-state index is 0.534. The van der Waals surface area contributed by atoms with Crippen molar-refractivity contribution in [2.75, 3.05) is 0 Å². The van der Waals surface area contributed by atoms with Crippen molar-refractivity contribution in [2.45, 2.75) is 6.92 Å². The first kappa shape index (κ1) is 8.16. The summed E-state index contributed by atoms with van der Waals surface area (Å²) >= 11 is 0. The number of aromatic nitrogens is 4. The Balaban J connectivity index is 2.61. The van der Waals surface area contributed by atoms with Gasteiger partial charge in [0, 0.05) is 17.2 Å². The number of benzene rings is 1. The maximum atomic E-state index is 11.6. The lowest BCUT2D eigenvalue weighted by atomic mass is 10.2. The second kappa shape index (κ2) is 2.66. The number of fused-ring (bicyclic) bond motifs is 3. The maximum Gasteiger partial charge on any atom is 0.270 e. The molecular formula is C10H8N4O. The van der Waals surface area contributed by atoms with Crippen LogP contribution in [-0.4, -0.2) is 14.7 Å². The minimum absolute atomic E-state index is 0.534. The molecule has 5 nitrogen and oxygen atoms in total. The van der Waals surface area contributed by atoms with Crippen LogP contribution in [0.1, 0.15) is 5.56 Å². The van der Waals surface area contributed by atoms with E-state index in [0.717, 1.165) is 11.1 Å². The van der Waals surface area contributed by atoms with Crippen molar-refractivity contribution >= 4 is 16.7 Å². The van der Waals surface area contributed by atoms with Crippen LogP contribution in [0.15, 0.2) is 30.5 Å². The molecule has 2 aromatic heterocycles. The van der Waals surface area contributed by atoms with Crippen molar-refractivity contribution in [3.05, 3.63) is 41.2 Å². The van der Waals surface area contributed by atoms with Gasteiger partial charge in [0.15, 0.2) is 0 Å². The fourth-order valence-corrected chi connectivity index (χ4v) is 1.67. The van der Waals surface area contributed by atoms with E-state index in [9.17, 15) is 5.21 Å². The molecule has 74 valence electrons. The fourth-order valence-electron chi connectivity index (χ4n) is 1.67. The Morgan fingerprint density at radius 2 is 2.20 bits per heavy atom. The first-order chi connectivity index (χ1) is 7.25. The van der Waals surface area contributed by atoms with Gasteiger partial charge in [-0.2, -0.15) is 5.10 Å². The summed E-state index contributed by atoms with van der Waals surface area (Å²) in [5.41, 5.74) is 2.89. The lowest BCUT2D eigenvalue weighted by Gasteiger charge is -2.01. The van der Waals surface area contributed by atoms with E-state index in [4.69, 9.17) is 0 Å². The molecular weight excluding hydrogens is 192 g/mol. The van der Waals surface area contributed by atoms with E-state index in [1.54, 1.807) is 22.8 Å². The number of aryl methyl sites for hydroxylation is 1.